The second-order valence-electron chi connectivity index (χ2n) is 6.47. The van der Waals surface area contributed by atoms with Crippen LogP contribution in [0.2, 0.25) is 0 Å². The van der Waals surface area contributed by atoms with E-state index in [-0.39, 0.29) is 28.6 Å². The zero-order chi connectivity index (χ0) is 21.8. The molecule has 4 rings (SSSR count). The summed E-state index contributed by atoms with van der Waals surface area (Å²) < 4.78 is 10.5. The van der Waals surface area contributed by atoms with Gasteiger partial charge in [0, 0.05) is 17.7 Å². The molecular weight excluding hydrogens is 400 g/mol. The van der Waals surface area contributed by atoms with Crippen LogP contribution in [0.15, 0.2) is 89.6 Å². The van der Waals surface area contributed by atoms with E-state index < -0.39 is 16.9 Å². The van der Waals surface area contributed by atoms with Gasteiger partial charge in [0.2, 0.25) is 5.90 Å². The highest BCUT2D eigenvalue weighted by atomic mass is 16.6. The van der Waals surface area contributed by atoms with Crippen LogP contribution in [0, 0.1) is 10.1 Å². The predicted molar refractivity (Wildman–Crippen MR) is 112 cm³/mol. The minimum atomic E-state index is -0.716. The van der Waals surface area contributed by atoms with Gasteiger partial charge in [-0.1, -0.05) is 36.4 Å². The second-order valence-corrected chi connectivity index (χ2v) is 6.47. The van der Waals surface area contributed by atoms with Gasteiger partial charge in [-0.2, -0.15) is 0 Å². The number of carbonyl (C=O) groups is 2. The molecule has 31 heavy (non-hydrogen) atoms. The highest BCUT2D eigenvalue weighted by molar-refractivity contribution is 6.12. The largest absolute Gasteiger partial charge is 0.423 e. The van der Waals surface area contributed by atoms with E-state index in [1.165, 1.54) is 18.2 Å². The number of nitro groups is 1. The zero-order valence-corrected chi connectivity index (χ0v) is 15.9. The molecule has 0 aromatic heterocycles. The van der Waals surface area contributed by atoms with E-state index in [2.05, 4.69) is 4.99 Å². The van der Waals surface area contributed by atoms with Crippen molar-refractivity contribution in [2.75, 3.05) is 0 Å². The van der Waals surface area contributed by atoms with Crippen molar-refractivity contribution >= 4 is 29.6 Å². The second kappa shape index (κ2) is 8.42. The Morgan fingerprint density at radius 1 is 1.00 bits per heavy atom. The van der Waals surface area contributed by atoms with Crippen molar-refractivity contribution in [2.24, 2.45) is 4.99 Å². The number of non-ortho nitro benzene ring substituents is 1. The van der Waals surface area contributed by atoms with E-state index in [9.17, 15) is 19.7 Å². The fourth-order valence-corrected chi connectivity index (χ4v) is 2.82. The van der Waals surface area contributed by atoms with Gasteiger partial charge in [0.25, 0.3) is 5.69 Å². The van der Waals surface area contributed by atoms with Gasteiger partial charge >= 0.3 is 11.9 Å². The third-order valence-electron chi connectivity index (χ3n) is 4.33. The van der Waals surface area contributed by atoms with Gasteiger partial charge in [-0.3, -0.25) is 10.1 Å². The van der Waals surface area contributed by atoms with Gasteiger partial charge < -0.3 is 9.47 Å². The van der Waals surface area contributed by atoms with Gasteiger partial charge in [0.15, 0.2) is 5.70 Å². The number of nitro benzene ring substituents is 1. The summed E-state index contributed by atoms with van der Waals surface area (Å²) in [5.41, 5.74) is 1.37. The molecule has 0 amide bonds. The molecule has 3 aromatic rings. The number of aliphatic imine (C=N–C) groups is 1. The molecule has 0 atom stereocenters. The molecule has 8 nitrogen and oxygen atoms in total. The lowest BCUT2D eigenvalue weighted by Gasteiger charge is -2.04. The summed E-state index contributed by atoms with van der Waals surface area (Å²) in [6.07, 6.45) is 1.56. The van der Waals surface area contributed by atoms with Crippen molar-refractivity contribution < 1.29 is 24.0 Å². The number of ether oxygens (including phenoxy) is 2. The lowest BCUT2D eigenvalue weighted by Crippen LogP contribution is -2.08. The average molecular weight is 414 g/mol. The molecule has 3 aromatic carbocycles. The Bertz CT molecular complexity index is 1230. The number of hydrogen-bond donors (Lipinski definition) is 0. The fraction of sp³-hybridized carbons (Fsp3) is 0. The summed E-state index contributed by atoms with van der Waals surface area (Å²) in [7, 11) is 0. The molecule has 0 saturated heterocycles. The van der Waals surface area contributed by atoms with Crippen molar-refractivity contribution in [2.45, 2.75) is 0 Å². The summed E-state index contributed by atoms with van der Waals surface area (Å²) in [6, 6.07) is 20.7. The molecule has 1 aliphatic rings. The average Bonchev–Trinajstić information content (AvgIpc) is 3.16. The van der Waals surface area contributed by atoms with Gasteiger partial charge in [-0.05, 0) is 42.0 Å². The van der Waals surface area contributed by atoms with E-state index in [1.54, 1.807) is 42.5 Å². The van der Waals surface area contributed by atoms with Gasteiger partial charge in [0.05, 0.1) is 10.5 Å². The van der Waals surface area contributed by atoms with Crippen molar-refractivity contribution in [3.8, 4) is 5.75 Å². The minimum absolute atomic E-state index is 0.0666. The first-order valence-electron chi connectivity index (χ1n) is 9.14. The molecule has 0 bridgehead atoms. The van der Waals surface area contributed by atoms with Gasteiger partial charge in [-0.15, -0.1) is 0 Å². The van der Waals surface area contributed by atoms with Gasteiger partial charge in [0.1, 0.15) is 5.75 Å². The molecular formula is C23H14N2O6. The molecule has 1 heterocycles. The van der Waals surface area contributed by atoms with E-state index in [0.29, 0.717) is 11.1 Å². The molecule has 0 radical (unpaired) electrons. The molecule has 0 spiro atoms. The Morgan fingerprint density at radius 2 is 1.74 bits per heavy atom. The van der Waals surface area contributed by atoms with E-state index in [0.717, 1.165) is 6.07 Å². The Hall–Kier alpha value is -4.59. The first-order valence-corrected chi connectivity index (χ1v) is 9.14. The summed E-state index contributed by atoms with van der Waals surface area (Å²) in [6.45, 7) is 0. The molecule has 0 fully saturated rings. The molecule has 0 N–H and O–H groups in total. The lowest BCUT2D eigenvalue weighted by molar-refractivity contribution is -0.384. The minimum Gasteiger partial charge on any atom is -0.423 e. The van der Waals surface area contributed by atoms with Crippen molar-refractivity contribution in [3.63, 3.8) is 0 Å². The zero-order valence-electron chi connectivity index (χ0n) is 15.9. The molecule has 1 aliphatic heterocycles. The quantitative estimate of drug-likeness (QED) is 0.204. The maximum atomic E-state index is 12.2. The third-order valence-corrected chi connectivity index (χ3v) is 4.33. The molecule has 152 valence electrons. The summed E-state index contributed by atoms with van der Waals surface area (Å²) in [5.74, 6) is -0.785. The number of nitrogens with zero attached hydrogens (tertiary/aromatic N) is 2. The SMILES string of the molecule is O=C1OC(c2ccccc2)=N/C1=C/c1ccc(OC(=O)c2cccc([N+](=O)[O-])c2)cc1. The van der Waals surface area contributed by atoms with Crippen molar-refractivity contribution in [3.05, 3.63) is 111 Å². The van der Waals surface area contributed by atoms with Crippen LogP contribution in [0.3, 0.4) is 0 Å². The van der Waals surface area contributed by atoms with Crippen LogP contribution in [-0.4, -0.2) is 22.8 Å². The first-order chi connectivity index (χ1) is 15.0. The maximum absolute atomic E-state index is 12.2. The standard InChI is InChI=1S/C23H14N2O6/c26-22(17-7-4-8-18(14-17)25(28)29)30-19-11-9-15(10-12-19)13-20-23(27)31-21(24-20)16-5-2-1-3-6-16/h1-14H/b20-13+. The monoisotopic (exact) mass is 414 g/mol. The Labute approximate surface area is 176 Å². The van der Waals surface area contributed by atoms with Crippen molar-refractivity contribution in [1.29, 1.82) is 0 Å². The van der Waals surface area contributed by atoms with E-state index >= 15 is 0 Å². The van der Waals surface area contributed by atoms with E-state index in [4.69, 9.17) is 9.47 Å². The molecule has 8 heteroatoms. The highest BCUT2D eigenvalue weighted by Crippen LogP contribution is 2.21. The highest BCUT2D eigenvalue weighted by Gasteiger charge is 2.24. The Kier molecular flexibility index (Phi) is 5.35. The number of rotatable bonds is 5. The van der Waals surface area contributed by atoms with Crippen LogP contribution < -0.4 is 4.74 Å². The van der Waals surface area contributed by atoms with Crippen LogP contribution in [0.25, 0.3) is 6.08 Å². The smallest absolute Gasteiger partial charge is 0.363 e. The maximum Gasteiger partial charge on any atom is 0.363 e. The van der Waals surface area contributed by atoms with Crippen LogP contribution in [-0.2, 0) is 9.53 Å². The number of cyclic esters (lactones) is 1. The first kappa shape index (κ1) is 19.7. The molecule has 0 aliphatic carbocycles. The lowest BCUT2D eigenvalue weighted by atomic mass is 10.2. The number of esters is 2. The van der Waals surface area contributed by atoms with Crippen LogP contribution in [0.4, 0.5) is 5.69 Å². The number of benzene rings is 3. The third kappa shape index (κ3) is 4.54. The van der Waals surface area contributed by atoms with Crippen LogP contribution in [0.1, 0.15) is 21.5 Å². The summed E-state index contributed by atoms with van der Waals surface area (Å²) in [4.78, 5) is 38.8. The Balaban J connectivity index is 1.48. The normalized spacial score (nSPS) is 14.1. The number of carbonyl (C=O) groups excluding carboxylic acids is 2. The molecule has 0 saturated carbocycles. The fourth-order valence-electron chi connectivity index (χ4n) is 2.82. The summed E-state index contributed by atoms with van der Waals surface area (Å²) >= 11 is 0. The van der Waals surface area contributed by atoms with Gasteiger partial charge in [-0.25, -0.2) is 14.6 Å². The predicted octanol–water partition coefficient (Wildman–Crippen LogP) is 4.16. The van der Waals surface area contributed by atoms with Crippen molar-refractivity contribution in [1.82, 2.24) is 0 Å². The summed E-state index contributed by atoms with van der Waals surface area (Å²) in [5, 5.41) is 10.8. The van der Waals surface area contributed by atoms with E-state index in [1.807, 2.05) is 18.2 Å². The Morgan fingerprint density at radius 3 is 2.45 bits per heavy atom. The topological polar surface area (TPSA) is 108 Å². The molecule has 0 unspecified atom stereocenters. The number of hydrogen-bond acceptors (Lipinski definition) is 7. The van der Waals surface area contributed by atoms with Crippen LogP contribution in [0.5, 0.6) is 5.75 Å². The van der Waals surface area contributed by atoms with Crippen LogP contribution >= 0.6 is 0 Å².